The van der Waals surface area contributed by atoms with E-state index in [-0.39, 0.29) is 24.0 Å². The topological polar surface area (TPSA) is 52.6 Å². The normalized spacial score (nSPS) is 11.6. The zero-order valence-corrected chi connectivity index (χ0v) is 20.1. The van der Waals surface area contributed by atoms with Gasteiger partial charge in [0.2, 0.25) is 0 Å². The number of guanidine groups is 1. The van der Waals surface area contributed by atoms with Crippen molar-refractivity contribution in [1.29, 1.82) is 0 Å². The Labute approximate surface area is 184 Å². The van der Waals surface area contributed by atoms with E-state index in [9.17, 15) is 0 Å². The monoisotopic (exact) mass is 501 g/mol. The quantitative estimate of drug-likeness (QED) is 0.328. The van der Waals surface area contributed by atoms with Crippen molar-refractivity contribution in [3.05, 3.63) is 51.5 Å². The molecule has 7 heteroatoms. The number of hydrogen-bond acceptors (Lipinski definition) is 4. The average molecular weight is 501 g/mol. The lowest BCUT2D eigenvalue weighted by Gasteiger charge is -2.23. The van der Waals surface area contributed by atoms with Gasteiger partial charge in [-0.15, -0.1) is 35.3 Å². The molecule has 2 rings (SSSR count). The van der Waals surface area contributed by atoms with Gasteiger partial charge in [-0.25, -0.2) is 4.98 Å². The van der Waals surface area contributed by atoms with Gasteiger partial charge in [0, 0.05) is 50.2 Å². The van der Waals surface area contributed by atoms with Crippen LogP contribution in [0.5, 0.6) is 0 Å². The van der Waals surface area contributed by atoms with Gasteiger partial charge in [-0.1, -0.05) is 24.3 Å². The zero-order valence-electron chi connectivity index (χ0n) is 17.0. The summed E-state index contributed by atoms with van der Waals surface area (Å²) in [5.74, 6) is 0.824. The Bertz CT molecular complexity index is 714. The molecule has 0 atom stereocenters. The molecule has 0 unspecified atom stereocenters. The predicted molar refractivity (Wildman–Crippen MR) is 127 cm³/mol. The summed E-state index contributed by atoms with van der Waals surface area (Å²) in [6.07, 6.45) is 2.84. The van der Waals surface area contributed by atoms with Gasteiger partial charge in [0.1, 0.15) is 0 Å². The van der Waals surface area contributed by atoms with E-state index in [0.29, 0.717) is 6.04 Å². The average Bonchev–Trinajstić information content (AvgIpc) is 3.04. The van der Waals surface area contributed by atoms with Crippen molar-refractivity contribution in [2.75, 3.05) is 20.6 Å². The van der Waals surface area contributed by atoms with Crippen LogP contribution in [0.15, 0.2) is 35.5 Å². The number of nitrogens with zero attached hydrogens (tertiary/aromatic N) is 3. The Balaban J connectivity index is 0.00000364. The number of thiazole rings is 1. The SMILES string of the molecule is CN=C(NCCc1ncc(C)s1)NCc1ccccc1CN(C)C(C)C.I. The third kappa shape index (κ3) is 8.15. The van der Waals surface area contributed by atoms with Crippen LogP contribution in [-0.2, 0) is 19.5 Å². The van der Waals surface area contributed by atoms with Crippen LogP contribution in [0, 0.1) is 6.92 Å². The number of halogens is 1. The molecule has 0 spiro atoms. The number of aromatic nitrogens is 1. The van der Waals surface area contributed by atoms with Gasteiger partial charge < -0.3 is 10.6 Å². The molecule has 0 amide bonds. The highest BCUT2D eigenvalue weighted by molar-refractivity contribution is 14.0. The first-order valence-electron chi connectivity index (χ1n) is 9.12. The molecule has 1 aromatic heterocycles. The second-order valence-electron chi connectivity index (χ2n) is 6.74. The van der Waals surface area contributed by atoms with Crippen molar-refractivity contribution >= 4 is 41.3 Å². The van der Waals surface area contributed by atoms with Crippen LogP contribution in [0.4, 0.5) is 0 Å². The van der Waals surface area contributed by atoms with E-state index >= 15 is 0 Å². The highest BCUT2D eigenvalue weighted by Gasteiger charge is 2.08. The molecule has 0 aliphatic heterocycles. The molecule has 5 nitrogen and oxygen atoms in total. The molecule has 0 fully saturated rings. The minimum absolute atomic E-state index is 0. The number of hydrogen-bond donors (Lipinski definition) is 2. The standard InChI is InChI=1S/C20H31N5S.HI/c1-15(2)25(5)14-18-9-7-6-8-17(18)13-24-20(21-4)22-11-10-19-23-12-16(3)26-19;/h6-9,12,15H,10-11,13-14H2,1-5H3,(H2,21,22,24);1H. The van der Waals surface area contributed by atoms with Crippen molar-refractivity contribution in [3.8, 4) is 0 Å². The van der Waals surface area contributed by atoms with Gasteiger partial charge in [0.05, 0.1) is 5.01 Å². The predicted octanol–water partition coefficient (Wildman–Crippen LogP) is 3.82. The molecule has 0 aliphatic carbocycles. The molecular formula is C20H32IN5S. The summed E-state index contributed by atoms with van der Waals surface area (Å²) in [6.45, 7) is 9.06. The second-order valence-corrected chi connectivity index (χ2v) is 8.06. The molecule has 2 N–H and O–H groups in total. The van der Waals surface area contributed by atoms with Crippen molar-refractivity contribution < 1.29 is 0 Å². The van der Waals surface area contributed by atoms with Crippen LogP contribution in [0.1, 0.15) is 34.9 Å². The van der Waals surface area contributed by atoms with Gasteiger partial charge >= 0.3 is 0 Å². The minimum Gasteiger partial charge on any atom is -0.356 e. The van der Waals surface area contributed by atoms with Crippen molar-refractivity contribution in [2.24, 2.45) is 4.99 Å². The summed E-state index contributed by atoms with van der Waals surface area (Å²) in [4.78, 5) is 12.3. The Morgan fingerprint density at radius 3 is 2.52 bits per heavy atom. The minimum atomic E-state index is 0. The van der Waals surface area contributed by atoms with Gasteiger partial charge in [-0.2, -0.15) is 0 Å². The molecule has 150 valence electrons. The Kier molecular flexibility index (Phi) is 10.9. The van der Waals surface area contributed by atoms with E-state index < -0.39 is 0 Å². The molecule has 0 saturated carbocycles. The highest BCUT2D eigenvalue weighted by atomic mass is 127. The first-order chi connectivity index (χ1) is 12.5. The van der Waals surface area contributed by atoms with Crippen molar-refractivity contribution in [2.45, 2.75) is 46.3 Å². The van der Waals surface area contributed by atoms with Crippen LogP contribution in [0.3, 0.4) is 0 Å². The van der Waals surface area contributed by atoms with Gasteiger partial charge in [-0.05, 0) is 38.9 Å². The Morgan fingerprint density at radius 2 is 1.93 bits per heavy atom. The maximum absolute atomic E-state index is 4.40. The lowest BCUT2D eigenvalue weighted by atomic mass is 10.1. The fourth-order valence-corrected chi connectivity index (χ4v) is 3.33. The first-order valence-corrected chi connectivity index (χ1v) is 9.94. The zero-order chi connectivity index (χ0) is 18.9. The van der Waals surface area contributed by atoms with Gasteiger partial charge in [-0.3, -0.25) is 9.89 Å². The van der Waals surface area contributed by atoms with E-state index in [2.05, 4.69) is 77.6 Å². The third-order valence-corrected chi connectivity index (χ3v) is 5.36. The molecule has 0 bridgehead atoms. The molecule has 1 aromatic carbocycles. The van der Waals surface area contributed by atoms with Gasteiger partial charge in [0.15, 0.2) is 5.96 Å². The smallest absolute Gasteiger partial charge is 0.191 e. The first kappa shape index (κ1) is 23.8. The molecule has 0 radical (unpaired) electrons. The van der Waals surface area contributed by atoms with Crippen LogP contribution in [0.2, 0.25) is 0 Å². The highest BCUT2D eigenvalue weighted by Crippen LogP contribution is 2.13. The molecular weight excluding hydrogens is 469 g/mol. The number of aryl methyl sites for hydroxylation is 1. The largest absolute Gasteiger partial charge is 0.356 e. The summed E-state index contributed by atoms with van der Waals surface area (Å²) >= 11 is 1.75. The van der Waals surface area contributed by atoms with E-state index in [0.717, 1.165) is 37.0 Å². The van der Waals surface area contributed by atoms with E-state index in [1.807, 2.05) is 6.20 Å². The molecule has 1 heterocycles. The summed E-state index contributed by atoms with van der Waals surface area (Å²) in [6, 6.07) is 9.12. The number of rotatable bonds is 8. The van der Waals surface area contributed by atoms with Crippen LogP contribution in [0.25, 0.3) is 0 Å². The van der Waals surface area contributed by atoms with Gasteiger partial charge in [0.25, 0.3) is 0 Å². The number of benzene rings is 1. The van der Waals surface area contributed by atoms with Crippen LogP contribution < -0.4 is 10.6 Å². The summed E-state index contributed by atoms with van der Waals surface area (Å²) in [7, 11) is 3.97. The fourth-order valence-electron chi connectivity index (χ4n) is 2.54. The Hall–Kier alpha value is -1.19. The second kappa shape index (κ2) is 12.3. The van der Waals surface area contributed by atoms with E-state index in [1.54, 1.807) is 18.4 Å². The maximum Gasteiger partial charge on any atom is 0.191 e. The molecule has 27 heavy (non-hydrogen) atoms. The Morgan fingerprint density at radius 1 is 1.22 bits per heavy atom. The van der Waals surface area contributed by atoms with E-state index in [1.165, 1.54) is 16.0 Å². The fraction of sp³-hybridized carbons (Fsp3) is 0.500. The number of nitrogens with one attached hydrogen (secondary N) is 2. The van der Waals surface area contributed by atoms with E-state index in [4.69, 9.17) is 0 Å². The molecule has 0 aliphatic rings. The van der Waals surface area contributed by atoms with Crippen LogP contribution in [-0.4, -0.2) is 42.5 Å². The van der Waals surface area contributed by atoms with Crippen LogP contribution >= 0.6 is 35.3 Å². The van der Waals surface area contributed by atoms with Crippen molar-refractivity contribution in [1.82, 2.24) is 20.5 Å². The summed E-state index contributed by atoms with van der Waals surface area (Å²) < 4.78 is 0. The molecule has 2 aromatic rings. The third-order valence-electron chi connectivity index (χ3n) is 4.39. The number of aliphatic imine (C=N–C) groups is 1. The maximum atomic E-state index is 4.40. The molecule has 0 saturated heterocycles. The summed E-state index contributed by atoms with van der Waals surface area (Å²) in [5, 5.41) is 7.95. The lowest BCUT2D eigenvalue weighted by Crippen LogP contribution is -2.38. The van der Waals surface area contributed by atoms with Crippen molar-refractivity contribution in [3.63, 3.8) is 0 Å². The lowest BCUT2D eigenvalue weighted by molar-refractivity contribution is 0.265. The summed E-state index contributed by atoms with van der Waals surface area (Å²) in [5.41, 5.74) is 2.66.